The van der Waals surface area contributed by atoms with E-state index in [0.29, 0.717) is 19.1 Å². The van der Waals surface area contributed by atoms with E-state index in [9.17, 15) is 28.0 Å². The average molecular weight is 421 g/mol. The van der Waals surface area contributed by atoms with E-state index in [1.165, 1.54) is 15.9 Å². The molecule has 8 nitrogen and oxygen atoms in total. The molecule has 3 saturated heterocycles. The van der Waals surface area contributed by atoms with Crippen molar-refractivity contribution in [3.63, 3.8) is 0 Å². The van der Waals surface area contributed by atoms with Crippen LogP contribution in [0.5, 0.6) is 0 Å². The highest BCUT2D eigenvalue weighted by Gasteiger charge is 2.54. The molecule has 1 aromatic carbocycles. The number of piperidine rings is 1. The van der Waals surface area contributed by atoms with Crippen LogP contribution in [-0.4, -0.2) is 71.2 Å². The number of piperazine rings is 1. The van der Waals surface area contributed by atoms with Gasteiger partial charge in [-0.2, -0.15) is 0 Å². The monoisotopic (exact) mass is 421 g/mol. The Labute approximate surface area is 171 Å². The Hall–Kier alpha value is -2.72. The van der Waals surface area contributed by atoms with Crippen LogP contribution in [0.1, 0.15) is 18.9 Å². The third-order valence-corrected chi connectivity index (χ3v) is 5.88. The van der Waals surface area contributed by atoms with E-state index in [1.54, 1.807) is 0 Å². The van der Waals surface area contributed by atoms with Crippen LogP contribution < -0.4 is 5.32 Å². The molecule has 4 rings (SSSR count). The molecule has 30 heavy (non-hydrogen) atoms. The van der Waals surface area contributed by atoms with Crippen molar-refractivity contribution in [1.82, 2.24) is 15.1 Å². The maximum atomic E-state index is 13.8. The number of hydrogen-bond acceptors (Lipinski definition) is 6. The van der Waals surface area contributed by atoms with Crippen LogP contribution in [0.2, 0.25) is 0 Å². The Morgan fingerprint density at radius 2 is 1.97 bits per heavy atom. The Bertz CT molecular complexity index is 924. The predicted molar refractivity (Wildman–Crippen MR) is 97.7 cm³/mol. The lowest BCUT2D eigenvalue weighted by Crippen LogP contribution is -2.72. The van der Waals surface area contributed by atoms with Gasteiger partial charge in [0.25, 0.3) is 0 Å². The molecule has 1 aromatic rings. The van der Waals surface area contributed by atoms with Crippen LogP contribution in [0.4, 0.5) is 8.78 Å². The minimum Gasteiger partial charge on any atom is -0.357 e. The molecule has 3 heterocycles. The molecule has 0 radical (unpaired) electrons. The number of carbonyl (C=O) groups is 4. The Morgan fingerprint density at radius 3 is 2.70 bits per heavy atom. The van der Waals surface area contributed by atoms with Crippen LogP contribution in [0.25, 0.3) is 0 Å². The summed E-state index contributed by atoms with van der Waals surface area (Å²) in [6, 6.07) is 1.59. The number of hydrogen-bond donors (Lipinski definition) is 1. The smallest absolute Gasteiger partial charge is 0.250 e. The van der Waals surface area contributed by atoms with Crippen molar-refractivity contribution in [2.45, 2.75) is 38.2 Å². The van der Waals surface area contributed by atoms with E-state index in [1.807, 2.05) is 6.92 Å². The zero-order valence-corrected chi connectivity index (χ0v) is 16.3. The largest absolute Gasteiger partial charge is 0.357 e. The van der Waals surface area contributed by atoms with Gasteiger partial charge in [0, 0.05) is 37.3 Å². The number of rotatable bonds is 3. The van der Waals surface area contributed by atoms with Crippen LogP contribution in [0, 0.1) is 17.6 Å². The summed E-state index contributed by atoms with van der Waals surface area (Å²) in [6.45, 7) is 2.19. The molecule has 2 amide bonds. The van der Waals surface area contributed by atoms with E-state index in [4.69, 9.17) is 4.74 Å². The number of halogens is 2. The van der Waals surface area contributed by atoms with Crippen molar-refractivity contribution in [1.29, 1.82) is 0 Å². The first-order chi connectivity index (χ1) is 14.3. The quantitative estimate of drug-likeness (QED) is 0.545. The summed E-state index contributed by atoms with van der Waals surface area (Å²) in [7, 11) is 0. The molecule has 3 aliphatic rings. The van der Waals surface area contributed by atoms with Gasteiger partial charge in [0.2, 0.25) is 23.4 Å². The van der Waals surface area contributed by atoms with Gasteiger partial charge in [-0.3, -0.25) is 24.1 Å². The second-order valence-electron chi connectivity index (χ2n) is 7.80. The van der Waals surface area contributed by atoms with Gasteiger partial charge in [-0.15, -0.1) is 0 Å². The highest BCUT2D eigenvalue weighted by atomic mass is 19.1. The van der Waals surface area contributed by atoms with E-state index < -0.39 is 53.2 Å². The molecule has 4 unspecified atom stereocenters. The lowest BCUT2D eigenvalue weighted by atomic mass is 9.86. The molecule has 0 spiro atoms. The molecule has 0 aliphatic carbocycles. The van der Waals surface area contributed by atoms with Crippen molar-refractivity contribution in [2.24, 2.45) is 5.92 Å². The number of nitrogens with one attached hydrogen (secondary N) is 1. The molecular weight excluding hydrogens is 400 g/mol. The normalized spacial score (nSPS) is 29.4. The van der Waals surface area contributed by atoms with Crippen LogP contribution in [0.3, 0.4) is 0 Å². The van der Waals surface area contributed by atoms with Gasteiger partial charge in [-0.25, -0.2) is 8.78 Å². The van der Waals surface area contributed by atoms with Crippen LogP contribution in [0.15, 0.2) is 18.2 Å². The third-order valence-electron chi connectivity index (χ3n) is 5.88. The van der Waals surface area contributed by atoms with Gasteiger partial charge in [0.15, 0.2) is 6.04 Å². The van der Waals surface area contributed by atoms with E-state index in [-0.39, 0.29) is 31.2 Å². The maximum absolute atomic E-state index is 13.8. The van der Waals surface area contributed by atoms with E-state index in [0.717, 1.165) is 6.07 Å². The summed E-state index contributed by atoms with van der Waals surface area (Å²) in [4.78, 5) is 53.7. The Balaban J connectivity index is 1.47. The van der Waals surface area contributed by atoms with Crippen molar-refractivity contribution in [3.05, 3.63) is 35.4 Å². The number of fused-ring (bicyclic) bond motifs is 2. The Morgan fingerprint density at radius 1 is 1.20 bits per heavy atom. The SMILES string of the molecule is CC1CCOC2CN3CC(C(=O)NCc4ccc(F)cc4F)C(=O)C(=O)C3C(=O)N12. The van der Waals surface area contributed by atoms with Crippen LogP contribution in [-0.2, 0) is 30.5 Å². The highest BCUT2D eigenvalue weighted by molar-refractivity contribution is 6.47. The molecule has 3 fully saturated rings. The second-order valence-corrected chi connectivity index (χ2v) is 7.80. The van der Waals surface area contributed by atoms with Gasteiger partial charge in [0.05, 0.1) is 6.61 Å². The van der Waals surface area contributed by atoms with Crippen molar-refractivity contribution >= 4 is 23.4 Å². The first kappa shape index (κ1) is 20.5. The lowest BCUT2D eigenvalue weighted by molar-refractivity contribution is -0.192. The number of ketones is 2. The lowest BCUT2D eigenvalue weighted by Gasteiger charge is -2.50. The fourth-order valence-corrected chi connectivity index (χ4v) is 4.24. The molecule has 0 bridgehead atoms. The number of ether oxygens (including phenoxy) is 1. The summed E-state index contributed by atoms with van der Waals surface area (Å²) in [5, 5.41) is 2.42. The second kappa shape index (κ2) is 7.84. The zero-order chi connectivity index (χ0) is 21.6. The maximum Gasteiger partial charge on any atom is 0.250 e. The van der Waals surface area contributed by atoms with Crippen LogP contribution >= 0.6 is 0 Å². The minimum absolute atomic E-state index is 0.0468. The van der Waals surface area contributed by atoms with Crippen molar-refractivity contribution < 1.29 is 32.7 Å². The van der Waals surface area contributed by atoms with Crippen molar-refractivity contribution in [3.8, 4) is 0 Å². The summed E-state index contributed by atoms with van der Waals surface area (Å²) in [5.74, 6) is -5.97. The molecule has 1 N–H and O–H groups in total. The fourth-order valence-electron chi connectivity index (χ4n) is 4.24. The average Bonchev–Trinajstić information content (AvgIpc) is 2.69. The first-order valence-electron chi connectivity index (χ1n) is 9.75. The van der Waals surface area contributed by atoms with E-state index in [2.05, 4.69) is 5.32 Å². The predicted octanol–water partition coefficient (Wildman–Crippen LogP) is -0.00330. The highest BCUT2D eigenvalue weighted by Crippen LogP contribution is 2.29. The summed E-state index contributed by atoms with van der Waals surface area (Å²) in [6.07, 6.45) is 0.109. The summed E-state index contributed by atoms with van der Waals surface area (Å²) in [5.41, 5.74) is 0.0468. The standard InChI is InChI=1S/C20H21F2N3O5/c1-10-4-5-30-15-9-24-8-13(17(26)18(27)16(24)20(29)25(10)15)19(28)23-7-11-2-3-12(21)6-14(11)22/h2-3,6,10,13,15-16H,4-5,7-9H2,1H3,(H,23,28). The number of amides is 2. The van der Waals surface area contributed by atoms with Gasteiger partial charge >= 0.3 is 0 Å². The van der Waals surface area contributed by atoms with Gasteiger partial charge < -0.3 is 15.0 Å². The molecule has 0 aromatic heterocycles. The molecular formula is C20H21F2N3O5. The number of nitrogens with zero attached hydrogens (tertiary/aromatic N) is 2. The first-order valence-corrected chi connectivity index (χ1v) is 9.75. The van der Waals surface area contributed by atoms with E-state index >= 15 is 0 Å². The third kappa shape index (κ3) is 3.50. The topological polar surface area (TPSA) is 96.0 Å². The molecule has 4 atom stereocenters. The van der Waals surface area contributed by atoms with Gasteiger partial charge in [0.1, 0.15) is 23.8 Å². The summed E-state index contributed by atoms with van der Waals surface area (Å²) >= 11 is 0. The van der Waals surface area contributed by atoms with Gasteiger partial charge in [-0.05, 0) is 19.4 Å². The number of benzene rings is 1. The van der Waals surface area contributed by atoms with Crippen molar-refractivity contribution in [2.75, 3.05) is 19.7 Å². The molecule has 160 valence electrons. The molecule has 10 heteroatoms. The number of Topliss-reactive ketones (excluding diaryl/α,β-unsaturated/α-hetero) is 2. The fraction of sp³-hybridized carbons (Fsp3) is 0.500. The summed E-state index contributed by atoms with van der Waals surface area (Å²) < 4.78 is 32.4. The zero-order valence-electron chi connectivity index (χ0n) is 16.3. The Kier molecular flexibility index (Phi) is 5.37. The minimum atomic E-state index is -1.31. The van der Waals surface area contributed by atoms with Gasteiger partial charge in [-0.1, -0.05) is 6.07 Å². The molecule has 3 aliphatic heterocycles. The molecule has 0 saturated carbocycles. The number of carbonyl (C=O) groups excluding carboxylic acids is 4.